The molecular weight excluding hydrogens is 354 g/mol. The average molecular weight is 375 g/mol. The van der Waals surface area contributed by atoms with E-state index in [-0.39, 0.29) is 0 Å². The Hall–Kier alpha value is -3.41. The fraction of sp³-hybridized carbons (Fsp3) is 0.227. The van der Waals surface area contributed by atoms with Crippen molar-refractivity contribution >= 4 is 17.1 Å². The Morgan fingerprint density at radius 3 is 2.68 bits per heavy atom. The predicted molar refractivity (Wildman–Crippen MR) is 106 cm³/mol. The molecule has 0 aliphatic heterocycles. The summed E-state index contributed by atoms with van der Waals surface area (Å²) in [4.78, 5) is 16.6. The van der Waals surface area contributed by atoms with E-state index in [1.807, 2.05) is 50.2 Å². The number of esters is 1. The van der Waals surface area contributed by atoms with Gasteiger partial charge < -0.3 is 9.15 Å². The van der Waals surface area contributed by atoms with Crippen LogP contribution in [0, 0.1) is 13.8 Å². The lowest BCUT2D eigenvalue weighted by Crippen LogP contribution is -2.08. The third-order valence-corrected chi connectivity index (χ3v) is 4.52. The van der Waals surface area contributed by atoms with Gasteiger partial charge in [-0.05, 0) is 50.6 Å². The Balaban J connectivity index is 1.73. The van der Waals surface area contributed by atoms with E-state index in [2.05, 4.69) is 16.1 Å². The topological polar surface area (TPSA) is 70.2 Å². The third-order valence-electron chi connectivity index (χ3n) is 4.52. The van der Waals surface area contributed by atoms with Gasteiger partial charge in [0.05, 0.1) is 13.2 Å². The van der Waals surface area contributed by atoms with Gasteiger partial charge in [-0.3, -0.25) is 4.68 Å². The molecule has 28 heavy (non-hydrogen) atoms. The number of oxazole rings is 1. The molecule has 2 aromatic heterocycles. The Bertz CT molecular complexity index is 1140. The minimum absolute atomic E-state index is 0.311. The van der Waals surface area contributed by atoms with Gasteiger partial charge in [0.15, 0.2) is 11.3 Å². The van der Waals surface area contributed by atoms with Crippen molar-refractivity contribution < 1.29 is 13.9 Å². The highest BCUT2D eigenvalue weighted by Gasteiger charge is 2.17. The monoisotopic (exact) mass is 375 g/mol. The van der Waals surface area contributed by atoms with Gasteiger partial charge in [-0.1, -0.05) is 24.3 Å². The van der Waals surface area contributed by atoms with Crippen LogP contribution in [-0.4, -0.2) is 27.3 Å². The number of fused-ring (bicyclic) bond motifs is 1. The molecule has 0 saturated heterocycles. The fourth-order valence-corrected chi connectivity index (χ4v) is 3.22. The van der Waals surface area contributed by atoms with Gasteiger partial charge in [-0.15, -0.1) is 0 Å². The maximum absolute atomic E-state index is 12.0. The summed E-state index contributed by atoms with van der Waals surface area (Å²) in [5.41, 5.74) is 5.71. The first kappa shape index (κ1) is 18.0. The van der Waals surface area contributed by atoms with E-state index in [1.165, 1.54) is 0 Å². The molecule has 0 unspecified atom stereocenters. The van der Waals surface area contributed by atoms with Crippen LogP contribution in [0.5, 0.6) is 0 Å². The Labute approximate surface area is 162 Å². The first-order valence-electron chi connectivity index (χ1n) is 9.22. The largest absolute Gasteiger partial charge is 0.461 e. The van der Waals surface area contributed by atoms with Crippen LogP contribution >= 0.6 is 0 Å². The molecule has 0 N–H and O–H groups in total. The second kappa shape index (κ2) is 7.31. The van der Waals surface area contributed by atoms with Crippen molar-refractivity contribution in [1.82, 2.24) is 14.8 Å². The number of aromatic nitrogens is 3. The molecule has 0 atom stereocenters. The fourth-order valence-electron chi connectivity index (χ4n) is 3.22. The van der Waals surface area contributed by atoms with Crippen LogP contribution in [-0.2, 0) is 11.3 Å². The maximum atomic E-state index is 12.0. The molecule has 2 heterocycles. The van der Waals surface area contributed by atoms with E-state index >= 15 is 0 Å². The minimum atomic E-state index is -0.412. The first-order valence-corrected chi connectivity index (χ1v) is 9.22. The number of benzene rings is 2. The zero-order valence-corrected chi connectivity index (χ0v) is 16.1. The zero-order chi connectivity index (χ0) is 19.7. The summed E-state index contributed by atoms with van der Waals surface area (Å²) in [5.74, 6) is 0.177. The molecule has 6 heteroatoms. The SMILES string of the molecule is CCOC(=O)c1cc(C)n(Cc2cc(C)cc3nc(-c4ccccc4)oc23)n1. The van der Waals surface area contributed by atoms with E-state index in [9.17, 15) is 4.79 Å². The molecule has 0 bridgehead atoms. The molecule has 0 saturated carbocycles. The summed E-state index contributed by atoms with van der Waals surface area (Å²) in [5, 5.41) is 4.41. The zero-order valence-electron chi connectivity index (χ0n) is 16.1. The molecule has 0 amide bonds. The Morgan fingerprint density at radius 1 is 1.14 bits per heavy atom. The number of rotatable bonds is 5. The van der Waals surface area contributed by atoms with Crippen LogP contribution in [0.4, 0.5) is 0 Å². The molecule has 0 aliphatic rings. The summed E-state index contributed by atoms with van der Waals surface area (Å²) >= 11 is 0. The summed E-state index contributed by atoms with van der Waals surface area (Å²) in [6.45, 7) is 6.52. The molecule has 0 radical (unpaired) electrons. The standard InChI is InChI=1S/C22H21N3O3/c1-4-27-22(26)19-12-15(3)25(24-19)13-17-10-14(2)11-18-20(17)28-21(23-18)16-8-6-5-7-9-16/h5-12H,4,13H2,1-3H3. The minimum Gasteiger partial charge on any atom is -0.461 e. The second-order valence-electron chi connectivity index (χ2n) is 6.71. The average Bonchev–Trinajstić information content (AvgIpc) is 3.27. The van der Waals surface area contributed by atoms with Gasteiger partial charge in [0.2, 0.25) is 5.89 Å². The highest BCUT2D eigenvalue weighted by molar-refractivity contribution is 5.87. The quantitative estimate of drug-likeness (QED) is 0.479. The lowest BCUT2D eigenvalue weighted by Gasteiger charge is -2.06. The lowest BCUT2D eigenvalue weighted by molar-refractivity contribution is 0.0518. The molecule has 0 aliphatic carbocycles. The third kappa shape index (κ3) is 3.41. The summed E-state index contributed by atoms with van der Waals surface area (Å²) in [6, 6.07) is 15.6. The number of carbonyl (C=O) groups is 1. The van der Waals surface area contributed by atoms with Gasteiger partial charge in [-0.25, -0.2) is 9.78 Å². The van der Waals surface area contributed by atoms with Crippen LogP contribution in [0.25, 0.3) is 22.6 Å². The van der Waals surface area contributed by atoms with Gasteiger partial charge in [0.1, 0.15) is 5.52 Å². The number of nitrogens with zero attached hydrogens (tertiary/aromatic N) is 3. The number of ether oxygens (including phenoxy) is 1. The lowest BCUT2D eigenvalue weighted by atomic mass is 10.1. The molecule has 142 valence electrons. The summed E-state index contributed by atoms with van der Waals surface area (Å²) in [7, 11) is 0. The van der Waals surface area contributed by atoms with Crippen molar-refractivity contribution in [2.75, 3.05) is 6.61 Å². The predicted octanol–water partition coefficient (Wildman–Crippen LogP) is 4.53. The van der Waals surface area contributed by atoms with Gasteiger partial charge in [0, 0.05) is 16.8 Å². The van der Waals surface area contributed by atoms with E-state index in [4.69, 9.17) is 9.15 Å². The van der Waals surface area contributed by atoms with E-state index in [0.29, 0.717) is 24.7 Å². The van der Waals surface area contributed by atoms with Crippen LogP contribution in [0.3, 0.4) is 0 Å². The van der Waals surface area contributed by atoms with Gasteiger partial charge >= 0.3 is 5.97 Å². The second-order valence-corrected chi connectivity index (χ2v) is 6.71. The highest BCUT2D eigenvalue weighted by atomic mass is 16.5. The smallest absolute Gasteiger partial charge is 0.358 e. The number of carbonyl (C=O) groups excluding carboxylic acids is 1. The molecule has 4 aromatic rings. The summed E-state index contributed by atoms with van der Waals surface area (Å²) < 4.78 is 12.9. The van der Waals surface area contributed by atoms with Crippen LogP contribution < -0.4 is 0 Å². The number of aryl methyl sites for hydroxylation is 2. The van der Waals surface area contributed by atoms with Crippen molar-refractivity contribution in [3.8, 4) is 11.5 Å². The molecule has 6 nitrogen and oxygen atoms in total. The maximum Gasteiger partial charge on any atom is 0.358 e. The van der Waals surface area contributed by atoms with Gasteiger partial charge in [-0.2, -0.15) is 5.10 Å². The van der Waals surface area contributed by atoms with E-state index in [0.717, 1.165) is 33.5 Å². The van der Waals surface area contributed by atoms with Crippen molar-refractivity contribution in [2.45, 2.75) is 27.3 Å². The molecule has 0 fully saturated rings. The van der Waals surface area contributed by atoms with Crippen molar-refractivity contribution in [3.63, 3.8) is 0 Å². The molecule has 2 aromatic carbocycles. The van der Waals surface area contributed by atoms with Crippen LogP contribution in [0.15, 0.2) is 52.9 Å². The van der Waals surface area contributed by atoms with Crippen molar-refractivity contribution in [3.05, 3.63) is 71.0 Å². The van der Waals surface area contributed by atoms with Crippen LogP contribution in [0.1, 0.15) is 34.2 Å². The van der Waals surface area contributed by atoms with Crippen molar-refractivity contribution in [2.24, 2.45) is 0 Å². The van der Waals surface area contributed by atoms with Crippen molar-refractivity contribution in [1.29, 1.82) is 0 Å². The molecular formula is C22H21N3O3. The van der Waals surface area contributed by atoms with Crippen LogP contribution in [0.2, 0.25) is 0 Å². The van der Waals surface area contributed by atoms with E-state index < -0.39 is 5.97 Å². The first-order chi connectivity index (χ1) is 13.5. The Morgan fingerprint density at radius 2 is 1.93 bits per heavy atom. The molecule has 4 rings (SSSR count). The Kier molecular flexibility index (Phi) is 4.69. The molecule has 0 spiro atoms. The van der Waals surface area contributed by atoms with E-state index in [1.54, 1.807) is 17.7 Å². The number of hydrogen-bond acceptors (Lipinski definition) is 5. The highest BCUT2D eigenvalue weighted by Crippen LogP contribution is 2.28. The number of hydrogen-bond donors (Lipinski definition) is 0. The normalized spacial score (nSPS) is 11.1. The van der Waals surface area contributed by atoms with Gasteiger partial charge in [0.25, 0.3) is 0 Å². The summed E-state index contributed by atoms with van der Waals surface area (Å²) in [6.07, 6.45) is 0.